The van der Waals surface area contributed by atoms with Crippen LogP contribution in [0.2, 0.25) is 0 Å². The van der Waals surface area contributed by atoms with Crippen molar-refractivity contribution in [1.82, 2.24) is 0 Å². The second-order valence-electron chi connectivity index (χ2n) is 3.57. The van der Waals surface area contributed by atoms with Crippen molar-refractivity contribution in [2.75, 3.05) is 0 Å². The van der Waals surface area contributed by atoms with Crippen molar-refractivity contribution in [2.45, 2.75) is 19.1 Å². The fourth-order valence-corrected chi connectivity index (χ4v) is 1.53. The molecule has 2 unspecified atom stereocenters. The van der Waals surface area contributed by atoms with E-state index in [9.17, 15) is 19.8 Å². The van der Waals surface area contributed by atoms with Crippen LogP contribution >= 0.6 is 0 Å². The smallest absolute Gasteiger partial charge is 0.336 e. The van der Waals surface area contributed by atoms with Gasteiger partial charge in [0.1, 0.15) is 6.10 Å². The average molecular weight is 240 g/mol. The number of benzene rings is 1. The molecule has 0 fully saturated rings. The first-order chi connectivity index (χ1) is 7.86. The number of aromatic carboxylic acids is 1. The molecule has 0 radical (unpaired) electrons. The van der Waals surface area contributed by atoms with Crippen molar-refractivity contribution in [1.29, 1.82) is 0 Å². The summed E-state index contributed by atoms with van der Waals surface area (Å²) in [6, 6.07) is 4.27. The van der Waals surface area contributed by atoms with Crippen LogP contribution in [0, 0.1) is 6.92 Å². The Morgan fingerprint density at radius 2 is 1.76 bits per heavy atom. The molecule has 0 aromatic heterocycles. The van der Waals surface area contributed by atoms with Crippen molar-refractivity contribution in [3.63, 3.8) is 0 Å². The number of aryl methyl sites for hydroxylation is 1. The lowest BCUT2D eigenvalue weighted by atomic mass is 9.95. The maximum atomic E-state index is 11.0. The highest BCUT2D eigenvalue weighted by molar-refractivity contribution is 5.91. The predicted molar refractivity (Wildman–Crippen MR) is 56.7 cm³/mol. The van der Waals surface area contributed by atoms with E-state index in [0.29, 0.717) is 5.56 Å². The van der Waals surface area contributed by atoms with Crippen molar-refractivity contribution < 1.29 is 30.0 Å². The van der Waals surface area contributed by atoms with Gasteiger partial charge in [-0.05, 0) is 18.1 Å². The van der Waals surface area contributed by atoms with Crippen molar-refractivity contribution in [2.24, 2.45) is 0 Å². The van der Waals surface area contributed by atoms with Crippen LogP contribution in [0.25, 0.3) is 0 Å². The first-order valence-corrected chi connectivity index (χ1v) is 4.78. The molecule has 0 saturated heterocycles. The zero-order chi connectivity index (χ0) is 13.2. The van der Waals surface area contributed by atoms with Gasteiger partial charge in [-0.3, -0.25) is 0 Å². The summed E-state index contributed by atoms with van der Waals surface area (Å²) in [5, 5.41) is 36.4. The first-order valence-electron chi connectivity index (χ1n) is 4.78. The Balaban J connectivity index is 3.26. The fraction of sp³-hybridized carbons (Fsp3) is 0.273. The number of aliphatic hydroxyl groups excluding tert-OH is 2. The Morgan fingerprint density at radius 1 is 1.18 bits per heavy atom. The maximum Gasteiger partial charge on any atom is 0.336 e. The minimum atomic E-state index is -2.06. The normalized spacial score (nSPS) is 14.1. The number of rotatable bonds is 4. The minimum absolute atomic E-state index is 0.118. The Kier molecular flexibility index (Phi) is 3.82. The van der Waals surface area contributed by atoms with Gasteiger partial charge in [-0.15, -0.1) is 0 Å². The molecule has 17 heavy (non-hydrogen) atoms. The molecule has 1 aromatic rings. The number of hydrogen-bond acceptors (Lipinski definition) is 4. The molecule has 0 aliphatic rings. The standard InChI is InChI=1S/C11H12O6/c1-5-3-2-4-6(7(5)10(14)15)8(12)9(13)11(16)17/h2-4,8-9,12-13H,1H3,(H,14,15)(H,16,17). The van der Waals surface area contributed by atoms with E-state index in [0.717, 1.165) is 0 Å². The van der Waals surface area contributed by atoms with Crippen LogP contribution in [0.4, 0.5) is 0 Å². The highest BCUT2D eigenvalue weighted by Gasteiger charge is 2.29. The molecule has 0 bridgehead atoms. The van der Waals surface area contributed by atoms with Gasteiger partial charge in [0.15, 0.2) is 6.10 Å². The molecule has 0 saturated carbocycles. The third kappa shape index (κ3) is 2.61. The van der Waals surface area contributed by atoms with Crippen LogP contribution in [-0.2, 0) is 4.79 Å². The molecule has 0 heterocycles. The van der Waals surface area contributed by atoms with Gasteiger partial charge in [0.25, 0.3) is 0 Å². The van der Waals surface area contributed by atoms with Crippen LogP contribution in [0.15, 0.2) is 18.2 Å². The summed E-state index contributed by atoms with van der Waals surface area (Å²) in [6.07, 6.45) is -3.84. The van der Waals surface area contributed by atoms with E-state index < -0.39 is 24.1 Å². The van der Waals surface area contributed by atoms with Gasteiger partial charge in [0, 0.05) is 0 Å². The third-order valence-electron chi connectivity index (χ3n) is 2.39. The third-order valence-corrected chi connectivity index (χ3v) is 2.39. The van der Waals surface area contributed by atoms with Crippen LogP contribution in [0.5, 0.6) is 0 Å². The zero-order valence-corrected chi connectivity index (χ0v) is 8.99. The van der Waals surface area contributed by atoms with Crippen LogP contribution in [0.3, 0.4) is 0 Å². The number of hydrogen-bond donors (Lipinski definition) is 4. The van der Waals surface area contributed by atoms with Gasteiger partial charge in [-0.1, -0.05) is 18.2 Å². The van der Waals surface area contributed by atoms with Crippen LogP contribution in [0.1, 0.15) is 27.6 Å². The molecule has 0 spiro atoms. The molecule has 0 aliphatic carbocycles. The van der Waals surface area contributed by atoms with E-state index in [-0.39, 0.29) is 11.1 Å². The van der Waals surface area contributed by atoms with Gasteiger partial charge < -0.3 is 20.4 Å². The summed E-state index contributed by atoms with van der Waals surface area (Å²) in [6.45, 7) is 1.52. The fourth-order valence-electron chi connectivity index (χ4n) is 1.53. The van der Waals surface area contributed by atoms with E-state index in [4.69, 9.17) is 10.2 Å². The lowest BCUT2D eigenvalue weighted by molar-refractivity contribution is -0.153. The van der Waals surface area contributed by atoms with Crippen LogP contribution < -0.4 is 0 Å². The number of aliphatic carboxylic acids is 1. The second kappa shape index (κ2) is 4.94. The van der Waals surface area contributed by atoms with Crippen molar-refractivity contribution in [3.8, 4) is 0 Å². The van der Waals surface area contributed by atoms with Gasteiger partial charge in [0.05, 0.1) is 5.56 Å². The minimum Gasteiger partial charge on any atom is -0.479 e. The largest absolute Gasteiger partial charge is 0.479 e. The molecule has 6 heteroatoms. The van der Waals surface area contributed by atoms with E-state index in [1.807, 2.05) is 0 Å². The number of carbonyl (C=O) groups is 2. The van der Waals surface area contributed by atoms with Gasteiger partial charge in [-0.25, -0.2) is 9.59 Å². The lowest BCUT2D eigenvalue weighted by Crippen LogP contribution is -2.28. The monoisotopic (exact) mass is 240 g/mol. The molecule has 1 aromatic carbocycles. The first kappa shape index (κ1) is 13.1. The molecule has 0 aliphatic heterocycles. The van der Waals surface area contributed by atoms with Crippen LogP contribution in [-0.4, -0.2) is 38.5 Å². The number of aliphatic hydroxyl groups is 2. The molecular formula is C11H12O6. The van der Waals surface area contributed by atoms with Gasteiger partial charge in [-0.2, -0.15) is 0 Å². The number of carboxylic acid groups (broad SMARTS) is 2. The van der Waals surface area contributed by atoms with E-state index >= 15 is 0 Å². The molecule has 1 rings (SSSR count). The van der Waals surface area contributed by atoms with Crippen molar-refractivity contribution >= 4 is 11.9 Å². The average Bonchev–Trinajstić information content (AvgIpc) is 2.25. The summed E-state index contributed by atoms with van der Waals surface area (Å²) in [7, 11) is 0. The van der Waals surface area contributed by atoms with E-state index in [1.165, 1.54) is 25.1 Å². The van der Waals surface area contributed by atoms with Gasteiger partial charge >= 0.3 is 11.9 Å². The molecule has 4 N–H and O–H groups in total. The maximum absolute atomic E-state index is 11.0. The molecule has 6 nitrogen and oxygen atoms in total. The predicted octanol–water partition coefficient (Wildman–Crippen LogP) is 0.172. The quantitative estimate of drug-likeness (QED) is 0.596. The SMILES string of the molecule is Cc1cccc(C(O)C(O)C(=O)O)c1C(=O)O. The molecule has 0 amide bonds. The summed E-state index contributed by atoms with van der Waals surface area (Å²) in [5.41, 5.74) is 0.0688. The summed E-state index contributed by atoms with van der Waals surface area (Å²) in [5.74, 6) is -2.90. The Labute approximate surface area is 96.8 Å². The second-order valence-corrected chi connectivity index (χ2v) is 3.57. The topological polar surface area (TPSA) is 115 Å². The summed E-state index contributed by atoms with van der Waals surface area (Å²) >= 11 is 0. The summed E-state index contributed by atoms with van der Waals surface area (Å²) < 4.78 is 0. The number of carboxylic acids is 2. The highest BCUT2D eigenvalue weighted by Crippen LogP contribution is 2.24. The Hall–Kier alpha value is -1.92. The Bertz CT molecular complexity index is 453. The highest BCUT2D eigenvalue weighted by atomic mass is 16.4. The molecule has 2 atom stereocenters. The van der Waals surface area contributed by atoms with E-state index in [2.05, 4.69) is 0 Å². The zero-order valence-electron chi connectivity index (χ0n) is 8.99. The van der Waals surface area contributed by atoms with Gasteiger partial charge in [0.2, 0.25) is 0 Å². The van der Waals surface area contributed by atoms with Crippen molar-refractivity contribution in [3.05, 3.63) is 34.9 Å². The van der Waals surface area contributed by atoms with E-state index in [1.54, 1.807) is 0 Å². The lowest BCUT2D eigenvalue weighted by Gasteiger charge is -2.17. The molecule has 92 valence electrons. The summed E-state index contributed by atoms with van der Waals surface area (Å²) in [4.78, 5) is 21.5. The Morgan fingerprint density at radius 3 is 2.24 bits per heavy atom. The molecular weight excluding hydrogens is 228 g/mol.